The van der Waals surface area contributed by atoms with Crippen LogP contribution in [0.1, 0.15) is 11.1 Å². The van der Waals surface area contributed by atoms with E-state index in [-0.39, 0.29) is 0 Å². The van der Waals surface area contributed by atoms with Crippen LogP contribution in [-0.4, -0.2) is 18.4 Å². The molecular formula is C17H20Sn. The van der Waals surface area contributed by atoms with E-state index in [1.807, 2.05) is 0 Å². The Balaban J connectivity index is 2.53. The van der Waals surface area contributed by atoms with Gasteiger partial charge in [-0.15, -0.1) is 0 Å². The SMILES string of the molecule is [CH3][Sn]([CH3])([CH3])[CH]=C(c1ccccc1)c1ccccc1. The zero-order valence-electron chi connectivity index (χ0n) is 11.4. The fourth-order valence-corrected chi connectivity index (χ4v) is 5.42. The molecule has 0 amide bonds. The van der Waals surface area contributed by atoms with Crippen molar-refractivity contribution in [3.63, 3.8) is 0 Å². The maximum absolute atomic E-state index is 2.55. The summed E-state index contributed by atoms with van der Waals surface area (Å²) in [6.07, 6.45) is 0. The Kier molecular flexibility index (Phi) is 4.28. The first-order valence-corrected chi connectivity index (χ1v) is 16.6. The van der Waals surface area contributed by atoms with Gasteiger partial charge >= 0.3 is 115 Å². The van der Waals surface area contributed by atoms with Crippen molar-refractivity contribution in [3.05, 3.63) is 75.9 Å². The maximum atomic E-state index is 2.55. The molecule has 0 aliphatic rings. The van der Waals surface area contributed by atoms with Crippen molar-refractivity contribution in [2.45, 2.75) is 14.8 Å². The van der Waals surface area contributed by atoms with Gasteiger partial charge in [0.15, 0.2) is 0 Å². The molecule has 0 fully saturated rings. The summed E-state index contributed by atoms with van der Waals surface area (Å²) in [5.41, 5.74) is 4.06. The minimum absolute atomic E-state index is 1.33. The summed E-state index contributed by atoms with van der Waals surface area (Å²) in [5, 5.41) is 0. The van der Waals surface area contributed by atoms with Crippen LogP contribution < -0.4 is 0 Å². The van der Waals surface area contributed by atoms with Crippen LogP contribution in [0.4, 0.5) is 0 Å². The quantitative estimate of drug-likeness (QED) is 0.689. The zero-order chi connectivity index (χ0) is 13.0. The van der Waals surface area contributed by atoms with Crippen LogP contribution in [0.25, 0.3) is 5.57 Å². The third kappa shape index (κ3) is 3.74. The third-order valence-electron chi connectivity index (χ3n) is 2.75. The fourth-order valence-electron chi connectivity index (χ4n) is 2.00. The van der Waals surface area contributed by atoms with Crippen LogP contribution in [-0.2, 0) is 0 Å². The minimum atomic E-state index is -1.97. The average molecular weight is 343 g/mol. The summed E-state index contributed by atoms with van der Waals surface area (Å²) >= 11 is -1.97. The molecule has 1 heteroatoms. The molecule has 0 radical (unpaired) electrons. The normalized spacial score (nSPS) is 11.1. The number of hydrogen-bond acceptors (Lipinski definition) is 0. The monoisotopic (exact) mass is 344 g/mol. The van der Waals surface area contributed by atoms with Gasteiger partial charge < -0.3 is 0 Å². The molecule has 0 aliphatic carbocycles. The van der Waals surface area contributed by atoms with Crippen LogP contribution in [0.3, 0.4) is 0 Å². The van der Waals surface area contributed by atoms with E-state index >= 15 is 0 Å². The van der Waals surface area contributed by atoms with Crippen LogP contribution >= 0.6 is 0 Å². The first-order valence-electron chi connectivity index (χ1n) is 6.40. The molecule has 2 aromatic rings. The van der Waals surface area contributed by atoms with Gasteiger partial charge in [-0.1, -0.05) is 0 Å². The standard InChI is InChI=1S/C14H11.3CH3.Sn/c1-12(13-8-4-2-5-9-13)14-10-6-3-7-11-14;;;;/h1-11H;3*1H3;. The molecule has 0 saturated carbocycles. The Bertz CT molecular complexity index is 477. The number of hydrogen-bond donors (Lipinski definition) is 0. The van der Waals surface area contributed by atoms with E-state index in [1.54, 1.807) is 0 Å². The van der Waals surface area contributed by atoms with E-state index in [0.717, 1.165) is 0 Å². The summed E-state index contributed by atoms with van der Waals surface area (Å²) in [7, 11) is 0. The van der Waals surface area contributed by atoms with Crippen molar-refractivity contribution in [1.29, 1.82) is 0 Å². The molecule has 0 heterocycles. The molecule has 0 aromatic heterocycles. The molecule has 0 saturated heterocycles. The van der Waals surface area contributed by atoms with Crippen LogP contribution in [0.5, 0.6) is 0 Å². The third-order valence-corrected chi connectivity index (χ3v) is 6.04. The van der Waals surface area contributed by atoms with Gasteiger partial charge in [0, 0.05) is 0 Å². The van der Waals surface area contributed by atoms with Gasteiger partial charge in [0.05, 0.1) is 0 Å². The second-order valence-electron chi connectivity index (χ2n) is 5.66. The van der Waals surface area contributed by atoms with Crippen LogP contribution in [0.2, 0.25) is 14.8 Å². The second kappa shape index (κ2) is 5.75. The van der Waals surface area contributed by atoms with Crippen LogP contribution in [0, 0.1) is 0 Å². The van der Waals surface area contributed by atoms with E-state index in [4.69, 9.17) is 0 Å². The van der Waals surface area contributed by atoms with Gasteiger partial charge in [-0.3, -0.25) is 0 Å². The molecule has 18 heavy (non-hydrogen) atoms. The molecule has 0 N–H and O–H groups in total. The molecule has 92 valence electrons. The topological polar surface area (TPSA) is 0 Å². The molecule has 0 aliphatic heterocycles. The van der Waals surface area contributed by atoms with Gasteiger partial charge in [-0.25, -0.2) is 0 Å². The van der Waals surface area contributed by atoms with Gasteiger partial charge in [-0.2, -0.15) is 0 Å². The van der Waals surface area contributed by atoms with Crippen molar-refractivity contribution < 1.29 is 0 Å². The van der Waals surface area contributed by atoms with Gasteiger partial charge in [0.2, 0.25) is 0 Å². The molecule has 0 nitrogen and oxygen atoms in total. The summed E-state index contributed by atoms with van der Waals surface area (Å²) in [5.74, 6) is 0. The van der Waals surface area contributed by atoms with E-state index in [0.29, 0.717) is 0 Å². The van der Waals surface area contributed by atoms with Crippen molar-refractivity contribution in [2.75, 3.05) is 0 Å². The molecule has 0 unspecified atom stereocenters. The van der Waals surface area contributed by atoms with Crippen molar-refractivity contribution in [3.8, 4) is 0 Å². The Labute approximate surface area is 114 Å². The summed E-state index contributed by atoms with van der Waals surface area (Å²) in [6.45, 7) is 0. The average Bonchev–Trinajstić information content (AvgIpc) is 2.37. The van der Waals surface area contributed by atoms with E-state index in [2.05, 4.69) is 79.6 Å². The van der Waals surface area contributed by atoms with E-state index < -0.39 is 18.4 Å². The van der Waals surface area contributed by atoms with Crippen molar-refractivity contribution in [2.24, 2.45) is 0 Å². The molecule has 2 aromatic carbocycles. The number of benzene rings is 2. The summed E-state index contributed by atoms with van der Waals surface area (Å²) < 4.78 is 2.55. The Morgan fingerprint density at radius 3 is 1.44 bits per heavy atom. The Morgan fingerprint density at radius 1 is 0.722 bits per heavy atom. The molecule has 0 spiro atoms. The van der Waals surface area contributed by atoms with E-state index in [1.165, 1.54) is 16.7 Å². The van der Waals surface area contributed by atoms with E-state index in [9.17, 15) is 0 Å². The second-order valence-corrected chi connectivity index (χ2v) is 20.0. The molecule has 0 bridgehead atoms. The van der Waals surface area contributed by atoms with Gasteiger partial charge in [0.25, 0.3) is 0 Å². The summed E-state index contributed by atoms with van der Waals surface area (Å²) in [6, 6.07) is 21.4. The van der Waals surface area contributed by atoms with Gasteiger partial charge in [-0.05, 0) is 0 Å². The molecule has 0 atom stereocenters. The summed E-state index contributed by atoms with van der Waals surface area (Å²) in [4.78, 5) is 7.33. The fraction of sp³-hybridized carbons (Fsp3) is 0.176. The van der Waals surface area contributed by atoms with Crippen molar-refractivity contribution >= 4 is 24.0 Å². The predicted octanol–water partition coefficient (Wildman–Crippen LogP) is 5.00. The zero-order valence-corrected chi connectivity index (χ0v) is 14.2. The Morgan fingerprint density at radius 2 is 1.11 bits per heavy atom. The predicted molar refractivity (Wildman–Crippen MR) is 83.3 cm³/mol. The molecule has 2 rings (SSSR count). The molecular weight excluding hydrogens is 323 g/mol. The number of rotatable bonds is 3. The van der Waals surface area contributed by atoms with Crippen LogP contribution in [0.15, 0.2) is 64.8 Å². The van der Waals surface area contributed by atoms with Crippen molar-refractivity contribution in [1.82, 2.24) is 0 Å². The first kappa shape index (κ1) is 13.4. The van der Waals surface area contributed by atoms with Gasteiger partial charge in [0.1, 0.15) is 0 Å². The first-order chi connectivity index (χ1) is 8.56. The Hall–Kier alpha value is -1.02.